The van der Waals surface area contributed by atoms with E-state index in [0.29, 0.717) is 0 Å². The first kappa shape index (κ1) is 13.4. The van der Waals surface area contributed by atoms with Gasteiger partial charge in [-0.1, -0.05) is 78.4 Å². The third-order valence-electron chi connectivity index (χ3n) is 3.73. The SMILES string of the molecule is Cc1ccc(C(C2=CC=C=CC=C2)c2ccccc2)cc1. The lowest BCUT2D eigenvalue weighted by Crippen LogP contribution is -2.03. The first-order valence-corrected chi connectivity index (χ1v) is 7.25. The van der Waals surface area contributed by atoms with Crippen LogP contribution in [-0.4, -0.2) is 0 Å². The number of benzene rings is 2. The van der Waals surface area contributed by atoms with Crippen LogP contribution in [0.3, 0.4) is 0 Å². The van der Waals surface area contributed by atoms with Gasteiger partial charge in [0.05, 0.1) is 0 Å². The van der Waals surface area contributed by atoms with E-state index in [-0.39, 0.29) is 5.92 Å². The highest BCUT2D eigenvalue weighted by Gasteiger charge is 2.17. The molecule has 0 fully saturated rings. The normalized spacial score (nSPS) is 14.6. The summed E-state index contributed by atoms with van der Waals surface area (Å²) in [6.07, 6.45) is 10.3. The minimum Gasteiger partial charge on any atom is -0.121 e. The predicted molar refractivity (Wildman–Crippen MR) is 89.3 cm³/mol. The van der Waals surface area contributed by atoms with Gasteiger partial charge in [0.25, 0.3) is 0 Å². The molecule has 0 spiro atoms. The lowest BCUT2D eigenvalue weighted by Gasteiger charge is -2.19. The first-order valence-electron chi connectivity index (χ1n) is 7.25. The Morgan fingerprint density at radius 1 is 0.810 bits per heavy atom. The molecule has 0 bridgehead atoms. The second kappa shape index (κ2) is 6.26. The average molecular weight is 270 g/mol. The van der Waals surface area contributed by atoms with Crippen LogP contribution in [0.1, 0.15) is 22.6 Å². The van der Waals surface area contributed by atoms with Gasteiger partial charge in [-0.05, 0) is 35.8 Å². The van der Waals surface area contributed by atoms with E-state index >= 15 is 0 Å². The summed E-state index contributed by atoms with van der Waals surface area (Å²) in [6.45, 7) is 2.12. The van der Waals surface area contributed by atoms with E-state index in [0.717, 1.165) is 0 Å². The largest absolute Gasteiger partial charge is 0.121 e. The van der Waals surface area contributed by atoms with Crippen LogP contribution in [0, 0.1) is 6.92 Å². The number of rotatable bonds is 3. The van der Waals surface area contributed by atoms with Gasteiger partial charge >= 0.3 is 0 Å². The molecule has 0 saturated heterocycles. The Morgan fingerprint density at radius 2 is 1.52 bits per heavy atom. The summed E-state index contributed by atoms with van der Waals surface area (Å²) in [5.74, 6) is 0.257. The standard InChI is InChI=1S/C21H18/c1-17-13-15-20(16-14-17)21(19-11-7-4-8-12-19)18-9-5-2-3-6-10-18/h2,4-16,21H,1H3. The van der Waals surface area contributed by atoms with Crippen molar-refractivity contribution < 1.29 is 0 Å². The van der Waals surface area contributed by atoms with Gasteiger partial charge in [0.1, 0.15) is 0 Å². The molecule has 2 aromatic carbocycles. The Labute approximate surface area is 126 Å². The third kappa shape index (κ3) is 3.13. The Balaban J connectivity index is 2.09. The highest BCUT2D eigenvalue weighted by atomic mass is 14.2. The molecule has 21 heavy (non-hydrogen) atoms. The maximum absolute atomic E-state index is 3.13. The maximum Gasteiger partial charge on any atom is 0.0340 e. The molecule has 0 nitrogen and oxygen atoms in total. The summed E-state index contributed by atoms with van der Waals surface area (Å²) in [4.78, 5) is 0. The van der Waals surface area contributed by atoms with E-state index < -0.39 is 0 Å². The van der Waals surface area contributed by atoms with Crippen molar-refractivity contribution in [3.63, 3.8) is 0 Å². The van der Waals surface area contributed by atoms with Crippen molar-refractivity contribution in [3.05, 3.63) is 113 Å². The summed E-state index contributed by atoms with van der Waals surface area (Å²) < 4.78 is 0. The van der Waals surface area contributed by atoms with Gasteiger partial charge in [-0.15, -0.1) is 5.73 Å². The van der Waals surface area contributed by atoms with Gasteiger partial charge in [0.2, 0.25) is 0 Å². The Bertz CT molecular complexity index is 721. The van der Waals surface area contributed by atoms with Crippen molar-refractivity contribution in [1.29, 1.82) is 0 Å². The molecule has 0 aromatic heterocycles. The second-order valence-electron chi connectivity index (χ2n) is 5.28. The predicted octanol–water partition coefficient (Wildman–Crippen LogP) is 5.33. The van der Waals surface area contributed by atoms with Crippen molar-refractivity contribution in [2.24, 2.45) is 0 Å². The van der Waals surface area contributed by atoms with E-state index in [2.05, 4.69) is 85.5 Å². The van der Waals surface area contributed by atoms with E-state index in [1.165, 1.54) is 22.3 Å². The number of aryl methyl sites for hydroxylation is 1. The van der Waals surface area contributed by atoms with Gasteiger partial charge in [0, 0.05) is 5.92 Å². The van der Waals surface area contributed by atoms with E-state index in [9.17, 15) is 0 Å². The van der Waals surface area contributed by atoms with Crippen LogP contribution in [0.15, 0.2) is 96.3 Å². The summed E-state index contributed by atoms with van der Waals surface area (Å²) >= 11 is 0. The lowest BCUT2D eigenvalue weighted by atomic mass is 9.84. The monoisotopic (exact) mass is 270 g/mol. The fourth-order valence-electron chi connectivity index (χ4n) is 2.64. The number of hydrogen-bond acceptors (Lipinski definition) is 0. The summed E-state index contributed by atoms with van der Waals surface area (Å²) in [6, 6.07) is 19.5. The van der Waals surface area contributed by atoms with Gasteiger partial charge in [-0.3, -0.25) is 0 Å². The zero-order valence-corrected chi connectivity index (χ0v) is 12.2. The molecule has 1 aliphatic rings. The molecule has 0 heteroatoms. The van der Waals surface area contributed by atoms with Crippen LogP contribution in [0.25, 0.3) is 0 Å². The highest BCUT2D eigenvalue weighted by molar-refractivity contribution is 5.47. The van der Waals surface area contributed by atoms with Crippen molar-refractivity contribution in [2.75, 3.05) is 0 Å². The molecule has 0 amide bonds. The molecule has 1 atom stereocenters. The van der Waals surface area contributed by atoms with Crippen LogP contribution in [0.5, 0.6) is 0 Å². The minimum absolute atomic E-state index is 0.257. The molecule has 1 unspecified atom stereocenters. The van der Waals surface area contributed by atoms with Gasteiger partial charge in [-0.25, -0.2) is 0 Å². The van der Waals surface area contributed by atoms with Gasteiger partial charge in [0.15, 0.2) is 0 Å². The topological polar surface area (TPSA) is 0 Å². The third-order valence-corrected chi connectivity index (χ3v) is 3.73. The zero-order chi connectivity index (χ0) is 14.5. The fourth-order valence-corrected chi connectivity index (χ4v) is 2.64. The molecule has 0 heterocycles. The Morgan fingerprint density at radius 3 is 2.29 bits per heavy atom. The van der Waals surface area contributed by atoms with Crippen LogP contribution < -0.4 is 0 Å². The molecule has 0 radical (unpaired) electrons. The summed E-state index contributed by atoms with van der Waals surface area (Å²) in [5, 5.41) is 0. The van der Waals surface area contributed by atoms with Crippen molar-refractivity contribution >= 4 is 0 Å². The van der Waals surface area contributed by atoms with Crippen molar-refractivity contribution in [2.45, 2.75) is 12.8 Å². The molecular formula is C21H18. The van der Waals surface area contributed by atoms with E-state index in [4.69, 9.17) is 0 Å². The first-order chi connectivity index (χ1) is 10.3. The minimum atomic E-state index is 0.257. The molecule has 0 N–H and O–H groups in total. The molecule has 2 aromatic rings. The van der Waals surface area contributed by atoms with Gasteiger partial charge < -0.3 is 0 Å². The van der Waals surface area contributed by atoms with E-state index in [1.807, 2.05) is 12.2 Å². The Kier molecular flexibility index (Phi) is 4.00. The van der Waals surface area contributed by atoms with Gasteiger partial charge in [-0.2, -0.15) is 0 Å². The zero-order valence-electron chi connectivity index (χ0n) is 12.2. The Hall–Kier alpha value is -2.56. The summed E-state index contributed by atoms with van der Waals surface area (Å²) in [5.41, 5.74) is 8.33. The highest BCUT2D eigenvalue weighted by Crippen LogP contribution is 2.33. The van der Waals surface area contributed by atoms with Crippen molar-refractivity contribution in [3.8, 4) is 0 Å². The van der Waals surface area contributed by atoms with Crippen LogP contribution >= 0.6 is 0 Å². The lowest BCUT2D eigenvalue weighted by molar-refractivity contribution is 0.976. The van der Waals surface area contributed by atoms with Crippen molar-refractivity contribution in [1.82, 2.24) is 0 Å². The number of allylic oxidation sites excluding steroid dienone is 5. The molecule has 3 rings (SSSR count). The number of hydrogen-bond donors (Lipinski definition) is 0. The smallest absolute Gasteiger partial charge is 0.0340 e. The quantitative estimate of drug-likeness (QED) is 0.661. The van der Waals surface area contributed by atoms with Crippen LogP contribution in [0.4, 0.5) is 0 Å². The second-order valence-corrected chi connectivity index (χ2v) is 5.28. The molecule has 0 aliphatic heterocycles. The molecular weight excluding hydrogens is 252 g/mol. The average Bonchev–Trinajstić information content (AvgIpc) is 2.80. The molecule has 1 aliphatic carbocycles. The summed E-state index contributed by atoms with van der Waals surface area (Å²) in [7, 11) is 0. The van der Waals surface area contributed by atoms with E-state index in [1.54, 1.807) is 0 Å². The molecule has 0 saturated carbocycles. The molecule has 102 valence electrons. The van der Waals surface area contributed by atoms with Crippen LogP contribution in [0.2, 0.25) is 0 Å². The maximum atomic E-state index is 3.13. The van der Waals surface area contributed by atoms with Crippen LogP contribution in [-0.2, 0) is 0 Å². The fraction of sp³-hybridized carbons (Fsp3) is 0.0952.